The van der Waals surface area contributed by atoms with Gasteiger partial charge in [0, 0.05) is 0 Å². The topological polar surface area (TPSA) is 9.23 Å². The minimum atomic E-state index is -0.363. The highest BCUT2D eigenvalue weighted by molar-refractivity contribution is 5.29. The molecule has 0 heterocycles. The Hall–Kier alpha value is -1.83. The van der Waals surface area contributed by atoms with Gasteiger partial charge in [0.2, 0.25) is 0 Å². The van der Waals surface area contributed by atoms with Gasteiger partial charge in [-0.15, -0.1) is 0 Å². The van der Waals surface area contributed by atoms with Gasteiger partial charge in [-0.05, 0) is 35.7 Å². The first-order valence-electron chi connectivity index (χ1n) is 5.66. The molecule has 0 aromatic heterocycles. The van der Waals surface area contributed by atoms with Crippen LogP contribution < -0.4 is 4.74 Å². The molecule has 0 saturated heterocycles. The van der Waals surface area contributed by atoms with Crippen molar-refractivity contribution in [2.24, 2.45) is 0 Å². The normalized spacial score (nSPS) is 10.2. The van der Waals surface area contributed by atoms with Crippen LogP contribution in [-0.2, 0) is 13.0 Å². The first kappa shape index (κ1) is 11.6. The molecule has 0 saturated carbocycles. The molecule has 0 unspecified atom stereocenters. The van der Waals surface area contributed by atoms with Gasteiger partial charge >= 0.3 is 0 Å². The zero-order chi connectivity index (χ0) is 12.1. The number of ether oxygens (including phenoxy) is 1. The van der Waals surface area contributed by atoms with Crippen LogP contribution in [-0.4, -0.2) is 0 Å². The van der Waals surface area contributed by atoms with Gasteiger partial charge < -0.3 is 4.74 Å². The molecule has 1 radical (unpaired) electrons. The lowest BCUT2D eigenvalue weighted by molar-refractivity contribution is 0.290. The van der Waals surface area contributed by atoms with Crippen LogP contribution in [0.5, 0.6) is 5.75 Å². The Morgan fingerprint density at radius 2 is 2.00 bits per heavy atom. The van der Waals surface area contributed by atoms with Crippen LogP contribution in [0.15, 0.2) is 42.5 Å². The third-order valence-electron chi connectivity index (χ3n) is 2.54. The highest BCUT2D eigenvalue weighted by Gasteiger charge is 2.04. The number of aryl methyl sites for hydroxylation is 1. The molecule has 1 nitrogen and oxygen atoms in total. The summed E-state index contributed by atoms with van der Waals surface area (Å²) in [6, 6.07) is 15.6. The molecule has 2 aromatic rings. The molecule has 0 N–H and O–H groups in total. The average molecular weight is 229 g/mol. The van der Waals surface area contributed by atoms with E-state index in [1.165, 1.54) is 6.07 Å². The summed E-state index contributed by atoms with van der Waals surface area (Å²) < 4.78 is 18.9. The third-order valence-corrected chi connectivity index (χ3v) is 2.54. The van der Waals surface area contributed by atoms with Crippen LogP contribution >= 0.6 is 0 Å². The van der Waals surface area contributed by atoms with Crippen LogP contribution in [0.2, 0.25) is 0 Å². The number of halogens is 1. The fraction of sp³-hybridized carbons (Fsp3) is 0.200. The number of hydrogen-bond donors (Lipinski definition) is 0. The van der Waals surface area contributed by atoms with E-state index in [1.807, 2.05) is 37.3 Å². The Labute approximate surface area is 101 Å². The summed E-state index contributed by atoms with van der Waals surface area (Å²) in [5, 5.41) is 0. The van der Waals surface area contributed by atoms with E-state index in [2.05, 4.69) is 6.07 Å². The molecule has 0 aliphatic heterocycles. The molecule has 2 aromatic carbocycles. The average Bonchev–Trinajstić information content (AvgIpc) is 2.39. The van der Waals surface area contributed by atoms with E-state index < -0.39 is 0 Å². The molecule has 0 spiro atoms. The monoisotopic (exact) mass is 229 g/mol. The second-order valence-electron chi connectivity index (χ2n) is 3.80. The van der Waals surface area contributed by atoms with Gasteiger partial charge in [-0.2, -0.15) is 0 Å². The third kappa shape index (κ3) is 3.06. The van der Waals surface area contributed by atoms with Crippen molar-refractivity contribution in [1.29, 1.82) is 0 Å². The van der Waals surface area contributed by atoms with Crippen LogP contribution in [0, 0.1) is 11.9 Å². The van der Waals surface area contributed by atoms with Crippen LogP contribution in [0.25, 0.3) is 0 Å². The lowest BCUT2D eigenvalue weighted by atomic mass is 10.1. The number of hydrogen-bond acceptors (Lipinski definition) is 1. The first-order valence-corrected chi connectivity index (χ1v) is 5.66. The van der Waals surface area contributed by atoms with Gasteiger partial charge in [0.05, 0.1) is 0 Å². The molecule has 0 fully saturated rings. The van der Waals surface area contributed by atoms with Gasteiger partial charge in [-0.3, -0.25) is 0 Å². The molecule has 17 heavy (non-hydrogen) atoms. The second-order valence-corrected chi connectivity index (χ2v) is 3.80. The quantitative estimate of drug-likeness (QED) is 0.775. The van der Waals surface area contributed by atoms with Crippen molar-refractivity contribution in [2.45, 2.75) is 20.0 Å². The van der Waals surface area contributed by atoms with Crippen LogP contribution in [0.4, 0.5) is 4.39 Å². The van der Waals surface area contributed by atoms with Crippen molar-refractivity contribution in [3.8, 4) is 5.75 Å². The van der Waals surface area contributed by atoms with Gasteiger partial charge in [0.15, 0.2) is 11.6 Å². The Morgan fingerprint density at radius 1 is 1.24 bits per heavy atom. The molecular formula is C15H14FO. The van der Waals surface area contributed by atoms with E-state index >= 15 is 0 Å². The Balaban J connectivity index is 2.08. The SMILES string of the molecule is CCc1[c]cc(F)c(OCc2ccccc2)c1. The predicted octanol–water partition coefficient (Wildman–Crippen LogP) is 3.77. The molecule has 0 aliphatic rings. The lowest BCUT2D eigenvalue weighted by Crippen LogP contribution is -1.98. The summed E-state index contributed by atoms with van der Waals surface area (Å²) in [6.45, 7) is 2.38. The van der Waals surface area contributed by atoms with E-state index in [-0.39, 0.29) is 5.82 Å². The zero-order valence-electron chi connectivity index (χ0n) is 9.74. The Morgan fingerprint density at radius 3 is 2.71 bits per heavy atom. The van der Waals surface area contributed by atoms with Crippen molar-refractivity contribution < 1.29 is 9.13 Å². The van der Waals surface area contributed by atoms with Crippen LogP contribution in [0.3, 0.4) is 0 Å². The van der Waals surface area contributed by atoms with E-state index in [1.54, 1.807) is 6.07 Å². The highest BCUT2D eigenvalue weighted by Crippen LogP contribution is 2.20. The fourth-order valence-corrected chi connectivity index (χ4v) is 1.55. The number of benzene rings is 2. The second kappa shape index (κ2) is 5.48. The minimum Gasteiger partial charge on any atom is -0.486 e. The predicted molar refractivity (Wildman–Crippen MR) is 65.4 cm³/mol. The maximum atomic E-state index is 13.5. The highest BCUT2D eigenvalue weighted by atomic mass is 19.1. The molecule has 87 valence electrons. The van der Waals surface area contributed by atoms with E-state index in [0.29, 0.717) is 12.4 Å². The van der Waals surface area contributed by atoms with E-state index in [9.17, 15) is 4.39 Å². The van der Waals surface area contributed by atoms with Gasteiger partial charge in [-0.1, -0.05) is 37.3 Å². The summed E-state index contributed by atoms with van der Waals surface area (Å²) in [6.07, 6.45) is 0.821. The van der Waals surface area contributed by atoms with Crippen molar-refractivity contribution >= 4 is 0 Å². The Bertz CT molecular complexity index is 480. The number of rotatable bonds is 4. The summed E-state index contributed by atoms with van der Waals surface area (Å²) in [7, 11) is 0. The lowest BCUT2D eigenvalue weighted by Gasteiger charge is -2.08. The molecule has 0 aliphatic carbocycles. The molecular weight excluding hydrogens is 215 g/mol. The van der Waals surface area contributed by atoms with Crippen molar-refractivity contribution in [2.75, 3.05) is 0 Å². The largest absolute Gasteiger partial charge is 0.486 e. The molecule has 2 rings (SSSR count). The van der Waals surface area contributed by atoms with Gasteiger partial charge in [-0.25, -0.2) is 4.39 Å². The van der Waals surface area contributed by atoms with Crippen molar-refractivity contribution in [3.05, 3.63) is 65.5 Å². The minimum absolute atomic E-state index is 0.296. The zero-order valence-corrected chi connectivity index (χ0v) is 9.74. The summed E-state index contributed by atoms with van der Waals surface area (Å²) in [4.78, 5) is 0. The summed E-state index contributed by atoms with van der Waals surface area (Å²) in [5.74, 6) is -0.0671. The maximum absolute atomic E-state index is 13.5. The Kier molecular flexibility index (Phi) is 3.76. The molecule has 0 bridgehead atoms. The van der Waals surface area contributed by atoms with E-state index in [4.69, 9.17) is 4.74 Å². The maximum Gasteiger partial charge on any atom is 0.165 e. The van der Waals surface area contributed by atoms with Crippen molar-refractivity contribution in [1.82, 2.24) is 0 Å². The molecule has 2 heteroatoms. The van der Waals surface area contributed by atoms with Gasteiger partial charge in [0.25, 0.3) is 0 Å². The van der Waals surface area contributed by atoms with Crippen LogP contribution in [0.1, 0.15) is 18.1 Å². The van der Waals surface area contributed by atoms with Gasteiger partial charge in [0.1, 0.15) is 6.61 Å². The molecule has 0 atom stereocenters. The fourth-order valence-electron chi connectivity index (χ4n) is 1.55. The standard InChI is InChI=1S/C15H14FO/c1-2-12-8-9-14(16)15(10-12)17-11-13-6-4-3-5-7-13/h3-7,9-10H,2,11H2,1H3. The summed E-state index contributed by atoms with van der Waals surface area (Å²) in [5.41, 5.74) is 1.98. The summed E-state index contributed by atoms with van der Waals surface area (Å²) >= 11 is 0. The van der Waals surface area contributed by atoms with Crippen molar-refractivity contribution in [3.63, 3.8) is 0 Å². The molecule has 0 amide bonds. The van der Waals surface area contributed by atoms with E-state index in [0.717, 1.165) is 17.5 Å². The smallest absolute Gasteiger partial charge is 0.165 e. The first-order chi connectivity index (χ1) is 8.29.